The van der Waals surface area contributed by atoms with Crippen LogP contribution < -0.4 is 9.47 Å². The molecule has 0 spiro atoms. The van der Waals surface area contributed by atoms with Gasteiger partial charge in [0.1, 0.15) is 11.5 Å². The molecule has 1 aliphatic rings. The summed E-state index contributed by atoms with van der Waals surface area (Å²) in [6, 6.07) is 12.6. The number of nitrogens with zero attached hydrogens (tertiary/aromatic N) is 1. The van der Waals surface area contributed by atoms with Gasteiger partial charge in [0.15, 0.2) is 0 Å². The van der Waals surface area contributed by atoms with Crippen molar-refractivity contribution in [3.05, 3.63) is 54.1 Å². The van der Waals surface area contributed by atoms with Gasteiger partial charge < -0.3 is 9.47 Å². The van der Waals surface area contributed by atoms with Gasteiger partial charge in [0.2, 0.25) is 10.0 Å². The number of methoxy groups -OCH3 is 1. The minimum Gasteiger partial charge on any atom is -0.497 e. The molecule has 0 bridgehead atoms. The fraction of sp³-hybridized carbons (Fsp3) is 0.316. The number of carbonyl (C=O) groups excluding carboxylic acids is 1. The second-order valence-corrected chi connectivity index (χ2v) is 8.00. The van der Waals surface area contributed by atoms with Gasteiger partial charge in [-0.25, -0.2) is 13.2 Å². The van der Waals surface area contributed by atoms with Gasteiger partial charge in [-0.2, -0.15) is 4.31 Å². The lowest BCUT2D eigenvalue weighted by Gasteiger charge is -2.25. The normalized spacial score (nSPS) is 15.4. The third-order valence-electron chi connectivity index (χ3n) is 4.27. The van der Waals surface area contributed by atoms with Crippen molar-refractivity contribution in [2.45, 2.75) is 24.2 Å². The number of hydrogen-bond acceptors (Lipinski definition) is 5. The fourth-order valence-corrected chi connectivity index (χ4v) is 4.43. The van der Waals surface area contributed by atoms with Gasteiger partial charge >= 0.3 is 5.97 Å². The lowest BCUT2D eigenvalue weighted by Crippen LogP contribution is -2.35. The van der Waals surface area contributed by atoms with E-state index in [0.29, 0.717) is 24.6 Å². The van der Waals surface area contributed by atoms with Crippen LogP contribution in [0.25, 0.3) is 0 Å². The second kappa shape index (κ2) is 7.88. The molecule has 0 unspecified atom stereocenters. The van der Waals surface area contributed by atoms with Gasteiger partial charge in [0.25, 0.3) is 0 Å². The molecule has 1 saturated heterocycles. The van der Waals surface area contributed by atoms with Gasteiger partial charge in [-0.05, 0) is 43.2 Å². The van der Waals surface area contributed by atoms with E-state index in [0.717, 1.165) is 19.3 Å². The number of carbonyl (C=O) groups is 1. The SMILES string of the molecule is COc1cccc(OC(=O)c2cccc(S(=O)(=O)N3CCCCC3)c2)c1. The molecule has 1 heterocycles. The van der Waals surface area contributed by atoms with Crippen LogP contribution in [0.5, 0.6) is 11.5 Å². The van der Waals surface area contributed by atoms with E-state index in [1.54, 1.807) is 30.3 Å². The largest absolute Gasteiger partial charge is 0.497 e. The van der Waals surface area contributed by atoms with Crippen molar-refractivity contribution < 1.29 is 22.7 Å². The Morgan fingerprint density at radius 2 is 1.65 bits per heavy atom. The number of ether oxygens (including phenoxy) is 2. The topological polar surface area (TPSA) is 72.9 Å². The van der Waals surface area contributed by atoms with E-state index in [-0.39, 0.29) is 10.5 Å². The molecule has 6 nitrogen and oxygen atoms in total. The average molecular weight is 375 g/mol. The zero-order valence-electron chi connectivity index (χ0n) is 14.6. The minimum absolute atomic E-state index is 0.111. The van der Waals surface area contributed by atoms with Crippen molar-refractivity contribution in [3.63, 3.8) is 0 Å². The third kappa shape index (κ3) is 4.05. The van der Waals surface area contributed by atoms with Crippen molar-refractivity contribution in [1.82, 2.24) is 4.31 Å². The summed E-state index contributed by atoms with van der Waals surface area (Å²) < 4.78 is 37.4. The maximum atomic E-state index is 12.8. The van der Waals surface area contributed by atoms with Gasteiger partial charge in [-0.1, -0.05) is 18.6 Å². The summed E-state index contributed by atoms with van der Waals surface area (Å²) in [5, 5.41) is 0. The number of piperidine rings is 1. The molecular formula is C19H21NO5S. The Morgan fingerprint density at radius 1 is 0.962 bits per heavy atom. The smallest absolute Gasteiger partial charge is 0.343 e. The molecule has 2 aromatic rings. The molecule has 0 saturated carbocycles. The maximum absolute atomic E-state index is 12.8. The van der Waals surface area contributed by atoms with Crippen molar-refractivity contribution in [2.75, 3.05) is 20.2 Å². The van der Waals surface area contributed by atoms with E-state index in [2.05, 4.69) is 0 Å². The van der Waals surface area contributed by atoms with Gasteiger partial charge in [0, 0.05) is 19.2 Å². The number of rotatable bonds is 5. The Hall–Kier alpha value is -2.38. The first-order chi connectivity index (χ1) is 12.5. The first-order valence-electron chi connectivity index (χ1n) is 8.47. The van der Waals surface area contributed by atoms with Crippen molar-refractivity contribution >= 4 is 16.0 Å². The summed E-state index contributed by atoms with van der Waals surface area (Å²) in [5.74, 6) is 0.282. The van der Waals surface area contributed by atoms with Crippen LogP contribution >= 0.6 is 0 Å². The van der Waals surface area contributed by atoms with Crippen molar-refractivity contribution in [3.8, 4) is 11.5 Å². The zero-order valence-corrected chi connectivity index (χ0v) is 15.4. The third-order valence-corrected chi connectivity index (χ3v) is 6.17. The molecule has 2 aromatic carbocycles. The summed E-state index contributed by atoms with van der Waals surface area (Å²) in [6.07, 6.45) is 2.76. The van der Waals surface area contributed by atoms with Crippen LogP contribution in [-0.4, -0.2) is 38.9 Å². The Morgan fingerprint density at radius 3 is 2.38 bits per heavy atom. The number of hydrogen-bond donors (Lipinski definition) is 0. The second-order valence-electron chi connectivity index (χ2n) is 6.06. The molecule has 138 valence electrons. The Kier molecular flexibility index (Phi) is 5.58. The first-order valence-corrected chi connectivity index (χ1v) is 9.91. The van der Waals surface area contributed by atoms with E-state index in [4.69, 9.17) is 9.47 Å². The quantitative estimate of drug-likeness (QED) is 0.593. The number of sulfonamides is 1. The standard InChI is InChI=1S/C19H21NO5S/c1-24-16-8-6-9-17(14-16)25-19(21)15-7-5-10-18(13-15)26(22,23)20-11-3-2-4-12-20/h5-10,13-14H,2-4,11-12H2,1H3. The summed E-state index contributed by atoms with van der Waals surface area (Å²) in [4.78, 5) is 12.5. The summed E-state index contributed by atoms with van der Waals surface area (Å²) >= 11 is 0. The molecule has 1 aliphatic heterocycles. The van der Waals surface area contributed by atoms with Crippen LogP contribution in [0.2, 0.25) is 0 Å². The molecule has 0 amide bonds. The van der Waals surface area contributed by atoms with Crippen LogP contribution in [0, 0.1) is 0 Å². The Labute approximate surface area is 153 Å². The highest BCUT2D eigenvalue weighted by molar-refractivity contribution is 7.89. The first kappa shape index (κ1) is 18.4. The van der Waals surface area contributed by atoms with E-state index in [9.17, 15) is 13.2 Å². The minimum atomic E-state index is -3.60. The lowest BCUT2D eigenvalue weighted by atomic mass is 10.2. The molecule has 26 heavy (non-hydrogen) atoms. The van der Waals surface area contributed by atoms with Crippen LogP contribution in [0.15, 0.2) is 53.4 Å². The van der Waals surface area contributed by atoms with Gasteiger partial charge in [0.05, 0.1) is 17.6 Å². The van der Waals surface area contributed by atoms with Crippen molar-refractivity contribution in [1.29, 1.82) is 0 Å². The monoisotopic (exact) mass is 375 g/mol. The van der Waals surface area contributed by atoms with Crippen LogP contribution in [0.3, 0.4) is 0 Å². The fourth-order valence-electron chi connectivity index (χ4n) is 2.87. The molecule has 0 aromatic heterocycles. The van der Waals surface area contributed by atoms with E-state index in [1.165, 1.54) is 29.6 Å². The average Bonchev–Trinajstić information content (AvgIpc) is 2.69. The molecule has 0 radical (unpaired) electrons. The highest BCUT2D eigenvalue weighted by Crippen LogP contribution is 2.23. The number of esters is 1. The van der Waals surface area contributed by atoms with Gasteiger partial charge in [-0.3, -0.25) is 0 Å². The van der Waals surface area contributed by atoms with Crippen LogP contribution in [0.1, 0.15) is 29.6 Å². The Bertz CT molecular complexity index is 888. The summed E-state index contributed by atoms with van der Waals surface area (Å²) in [6.45, 7) is 1.03. The highest BCUT2D eigenvalue weighted by atomic mass is 32.2. The molecule has 0 N–H and O–H groups in total. The van der Waals surface area contributed by atoms with Crippen LogP contribution in [0.4, 0.5) is 0 Å². The predicted octanol–water partition coefficient (Wildman–Crippen LogP) is 3.09. The number of benzene rings is 2. The zero-order chi connectivity index (χ0) is 18.6. The molecule has 0 atom stereocenters. The molecule has 1 fully saturated rings. The molecule has 7 heteroatoms. The predicted molar refractivity (Wildman–Crippen MR) is 97.0 cm³/mol. The summed E-state index contributed by atoms with van der Waals surface area (Å²) in [7, 11) is -2.07. The maximum Gasteiger partial charge on any atom is 0.343 e. The van der Waals surface area contributed by atoms with E-state index in [1.807, 2.05) is 0 Å². The molecular weight excluding hydrogens is 354 g/mol. The van der Waals surface area contributed by atoms with Crippen LogP contribution in [-0.2, 0) is 10.0 Å². The molecule has 3 rings (SSSR count). The Balaban J connectivity index is 1.81. The lowest BCUT2D eigenvalue weighted by molar-refractivity contribution is 0.0734. The highest BCUT2D eigenvalue weighted by Gasteiger charge is 2.26. The van der Waals surface area contributed by atoms with E-state index < -0.39 is 16.0 Å². The summed E-state index contributed by atoms with van der Waals surface area (Å²) in [5.41, 5.74) is 0.186. The van der Waals surface area contributed by atoms with Gasteiger partial charge in [-0.15, -0.1) is 0 Å². The van der Waals surface area contributed by atoms with E-state index >= 15 is 0 Å². The van der Waals surface area contributed by atoms with Crippen molar-refractivity contribution in [2.24, 2.45) is 0 Å². The molecule has 0 aliphatic carbocycles.